The summed E-state index contributed by atoms with van der Waals surface area (Å²) in [5, 5.41) is 3.05. The topological polar surface area (TPSA) is 54.3 Å². The molecule has 5 nitrogen and oxygen atoms in total. The molecule has 0 aliphatic carbocycles. The lowest BCUT2D eigenvalue weighted by atomic mass is 10.1. The van der Waals surface area contributed by atoms with Gasteiger partial charge in [0.15, 0.2) is 0 Å². The van der Waals surface area contributed by atoms with Crippen LogP contribution < -0.4 is 10.9 Å². The number of hydrogen-bond acceptors (Lipinski definition) is 3. The van der Waals surface area contributed by atoms with Crippen molar-refractivity contribution >= 4 is 5.91 Å². The minimum Gasteiger partial charge on any atom is -0.356 e. The molecule has 0 aromatic carbocycles. The highest BCUT2D eigenvalue weighted by molar-refractivity contribution is 5.79. The Morgan fingerprint density at radius 3 is 2.91 bits per heavy atom. The Morgan fingerprint density at radius 2 is 2.17 bits per heavy atom. The van der Waals surface area contributed by atoms with E-state index in [4.69, 9.17) is 0 Å². The Labute approximate surface area is 138 Å². The summed E-state index contributed by atoms with van der Waals surface area (Å²) in [5.41, 5.74) is 0.0349. The van der Waals surface area contributed by atoms with Crippen molar-refractivity contribution in [3.8, 4) is 0 Å². The van der Waals surface area contributed by atoms with E-state index in [0.717, 1.165) is 38.9 Å². The average molecular weight is 319 g/mol. The molecule has 0 spiro atoms. The highest BCUT2D eigenvalue weighted by atomic mass is 16.2. The lowest BCUT2D eigenvalue weighted by Crippen LogP contribution is -2.34. The summed E-state index contributed by atoms with van der Waals surface area (Å²) >= 11 is 0. The van der Waals surface area contributed by atoms with Gasteiger partial charge in [0, 0.05) is 38.4 Å². The van der Waals surface area contributed by atoms with Crippen LogP contribution in [0.3, 0.4) is 0 Å². The van der Waals surface area contributed by atoms with E-state index >= 15 is 0 Å². The van der Waals surface area contributed by atoms with Crippen LogP contribution >= 0.6 is 0 Å². The van der Waals surface area contributed by atoms with E-state index in [1.54, 1.807) is 16.7 Å². The van der Waals surface area contributed by atoms with Crippen LogP contribution in [0.2, 0.25) is 0 Å². The van der Waals surface area contributed by atoms with Crippen molar-refractivity contribution in [2.24, 2.45) is 11.8 Å². The molecule has 1 amide bonds. The van der Waals surface area contributed by atoms with Crippen molar-refractivity contribution in [2.75, 3.05) is 26.2 Å². The number of carbonyl (C=O) groups excluding carboxylic acids is 1. The van der Waals surface area contributed by atoms with Crippen LogP contribution in [0.25, 0.3) is 0 Å². The molecule has 1 aliphatic heterocycles. The van der Waals surface area contributed by atoms with Gasteiger partial charge in [-0.2, -0.15) is 0 Å². The zero-order valence-corrected chi connectivity index (χ0v) is 14.3. The fourth-order valence-corrected chi connectivity index (χ4v) is 3.14. The molecule has 1 aliphatic rings. The quantitative estimate of drug-likeness (QED) is 0.742. The van der Waals surface area contributed by atoms with E-state index in [0.29, 0.717) is 19.0 Å². The molecule has 1 N–H and O–H groups in total. The Hall–Kier alpha value is -1.62. The summed E-state index contributed by atoms with van der Waals surface area (Å²) in [5.74, 6) is 0.983. The molecule has 1 fully saturated rings. The normalized spacial score (nSPS) is 18.5. The summed E-state index contributed by atoms with van der Waals surface area (Å²) in [6.45, 7) is 8.84. The van der Waals surface area contributed by atoms with Crippen molar-refractivity contribution in [1.29, 1.82) is 0 Å². The Bertz CT molecular complexity index is 553. The predicted molar refractivity (Wildman–Crippen MR) is 92.3 cm³/mol. The van der Waals surface area contributed by atoms with Crippen molar-refractivity contribution < 1.29 is 4.79 Å². The maximum absolute atomic E-state index is 12.2. The summed E-state index contributed by atoms with van der Waals surface area (Å²) in [6.07, 6.45) is 4.57. The number of rotatable bonds is 8. The highest BCUT2D eigenvalue weighted by Crippen LogP contribution is 2.17. The molecule has 0 radical (unpaired) electrons. The number of aromatic nitrogens is 1. The minimum atomic E-state index is 0.0349. The molecular weight excluding hydrogens is 290 g/mol. The van der Waals surface area contributed by atoms with Crippen LogP contribution in [0.5, 0.6) is 0 Å². The number of nitrogens with one attached hydrogen (secondary N) is 1. The van der Waals surface area contributed by atoms with Crippen molar-refractivity contribution in [1.82, 2.24) is 14.8 Å². The Balaban J connectivity index is 1.60. The first-order chi connectivity index (χ1) is 11.1. The van der Waals surface area contributed by atoms with Gasteiger partial charge in [-0.25, -0.2) is 0 Å². The highest BCUT2D eigenvalue weighted by Gasteiger charge is 2.27. The third kappa shape index (κ3) is 5.82. The van der Waals surface area contributed by atoms with Crippen LogP contribution in [0.15, 0.2) is 29.2 Å². The van der Waals surface area contributed by atoms with Gasteiger partial charge in [-0.05, 0) is 37.8 Å². The van der Waals surface area contributed by atoms with Gasteiger partial charge in [0.1, 0.15) is 0 Å². The zero-order valence-electron chi connectivity index (χ0n) is 14.3. The molecule has 1 unspecified atom stereocenters. The number of carbonyl (C=O) groups is 1. The van der Waals surface area contributed by atoms with Crippen molar-refractivity contribution in [3.63, 3.8) is 0 Å². The first-order valence-corrected chi connectivity index (χ1v) is 8.72. The summed E-state index contributed by atoms with van der Waals surface area (Å²) in [6, 6.07) is 5.19. The van der Waals surface area contributed by atoms with Crippen LogP contribution in [0.4, 0.5) is 0 Å². The van der Waals surface area contributed by atoms with Gasteiger partial charge in [-0.3, -0.25) is 9.59 Å². The number of unbranched alkanes of at least 4 members (excludes halogenated alkanes) is 1. The van der Waals surface area contributed by atoms with Gasteiger partial charge in [0.25, 0.3) is 0 Å². The van der Waals surface area contributed by atoms with Crippen molar-refractivity contribution in [3.05, 3.63) is 34.7 Å². The maximum atomic E-state index is 12.2. The number of hydrogen-bond donors (Lipinski definition) is 1. The monoisotopic (exact) mass is 319 g/mol. The summed E-state index contributed by atoms with van der Waals surface area (Å²) in [7, 11) is 0. The lowest BCUT2D eigenvalue weighted by Gasteiger charge is -2.18. The second-order valence-electron chi connectivity index (χ2n) is 6.87. The Morgan fingerprint density at radius 1 is 1.35 bits per heavy atom. The first-order valence-electron chi connectivity index (χ1n) is 8.72. The average Bonchev–Trinajstić information content (AvgIpc) is 2.96. The largest absolute Gasteiger partial charge is 0.356 e. The van der Waals surface area contributed by atoms with E-state index in [9.17, 15) is 9.59 Å². The molecule has 128 valence electrons. The third-order valence-electron chi connectivity index (χ3n) is 4.29. The van der Waals surface area contributed by atoms with Gasteiger partial charge in [-0.1, -0.05) is 19.9 Å². The molecule has 1 saturated heterocycles. The maximum Gasteiger partial charge on any atom is 0.250 e. The molecule has 5 heteroatoms. The molecule has 0 saturated carbocycles. The van der Waals surface area contributed by atoms with Crippen LogP contribution in [-0.4, -0.2) is 41.6 Å². The number of nitrogens with zero attached hydrogens (tertiary/aromatic N) is 2. The molecule has 2 heterocycles. The fourth-order valence-electron chi connectivity index (χ4n) is 3.14. The molecule has 2 rings (SSSR count). The molecule has 1 atom stereocenters. The fraction of sp³-hybridized carbons (Fsp3) is 0.667. The van der Waals surface area contributed by atoms with Gasteiger partial charge >= 0.3 is 0 Å². The second kappa shape index (κ2) is 8.87. The van der Waals surface area contributed by atoms with Gasteiger partial charge < -0.3 is 14.8 Å². The Kier molecular flexibility index (Phi) is 6.84. The van der Waals surface area contributed by atoms with E-state index < -0.39 is 0 Å². The smallest absolute Gasteiger partial charge is 0.250 e. The molecular formula is C18H29N3O2. The minimum absolute atomic E-state index is 0.0349. The van der Waals surface area contributed by atoms with E-state index in [2.05, 4.69) is 24.1 Å². The number of aryl methyl sites for hydroxylation is 1. The lowest BCUT2D eigenvalue weighted by molar-refractivity contribution is -0.124. The number of likely N-dealkylation sites (tertiary alicyclic amines) is 1. The van der Waals surface area contributed by atoms with E-state index in [-0.39, 0.29) is 17.4 Å². The third-order valence-corrected chi connectivity index (χ3v) is 4.29. The molecule has 1 aromatic heterocycles. The van der Waals surface area contributed by atoms with Crippen LogP contribution in [0, 0.1) is 11.8 Å². The van der Waals surface area contributed by atoms with E-state index in [1.807, 2.05) is 12.3 Å². The second-order valence-corrected chi connectivity index (χ2v) is 6.87. The summed E-state index contributed by atoms with van der Waals surface area (Å²) < 4.78 is 1.71. The SMILES string of the molecule is CC(C)CN1CCC(C(=O)NCCCCn2ccccc2=O)C1. The van der Waals surface area contributed by atoms with Crippen LogP contribution in [-0.2, 0) is 11.3 Å². The standard InChI is InChI=1S/C18H29N3O2/c1-15(2)13-20-12-8-16(14-20)18(23)19-9-4-6-11-21-10-5-3-7-17(21)22/h3,5,7,10,15-16H,4,6,8-9,11-14H2,1-2H3,(H,19,23). The molecule has 0 bridgehead atoms. The molecule has 1 aromatic rings. The van der Waals surface area contributed by atoms with E-state index in [1.165, 1.54) is 0 Å². The van der Waals surface area contributed by atoms with Crippen LogP contribution in [0.1, 0.15) is 33.1 Å². The summed E-state index contributed by atoms with van der Waals surface area (Å²) in [4.78, 5) is 26.1. The number of pyridine rings is 1. The van der Waals surface area contributed by atoms with Gasteiger partial charge in [0.05, 0.1) is 5.92 Å². The van der Waals surface area contributed by atoms with Gasteiger partial charge in [-0.15, -0.1) is 0 Å². The number of amides is 1. The molecule has 23 heavy (non-hydrogen) atoms. The zero-order chi connectivity index (χ0) is 16.7. The first kappa shape index (κ1) is 17.7. The van der Waals surface area contributed by atoms with Gasteiger partial charge in [0.2, 0.25) is 11.5 Å². The predicted octanol–water partition coefficient (Wildman–Crippen LogP) is 1.72. The van der Waals surface area contributed by atoms with Crippen molar-refractivity contribution in [2.45, 2.75) is 39.7 Å².